The van der Waals surface area contributed by atoms with Gasteiger partial charge in [0.2, 0.25) is 0 Å². The molecule has 0 radical (unpaired) electrons. The predicted molar refractivity (Wildman–Crippen MR) is 93.0 cm³/mol. The fourth-order valence-corrected chi connectivity index (χ4v) is 4.56. The van der Waals surface area contributed by atoms with Gasteiger partial charge in [-0.3, -0.25) is 4.90 Å². The lowest BCUT2D eigenvalue weighted by atomic mass is 10.0. The maximum absolute atomic E-state index is 6.00. The van der Waals surface area contributed by atoms with Gasteiger partial charge in [0.15, 0.2) is 10.2 Å². The largest absolute Gasteiger partial charge is 0.453 e. The Morgan fingerprint density at radius 1 is 1.38 bits per heavy atom. The summed E-state index contributed by atoms with van der Waals surface area (Å²) < 4.78 is 7.89. The summed E-state index contributed by atoms with van der Waals surface area (Å²) in [5.41, 5.74) is 0. The molecule has 0 aromatic carbocycles. The van der Waals surface area contributed by atoms with Crippen molar-refractivity contribution in [3.05, 3.63) is 40.8 Å². The van der Waals surface area contributed by atoms with E-state index >= 15 is 0 Å². The van der Waals surface area contributed by atoms with E-state index in [2.05, 4.69) is 31.5 Å². The fraction of sp³-hybridized carbons (Fsp3) is 0.438. The molecule has 0 unspecified atom stereocenters. The molecule has 126 valence electrons. The maximum Gasteiger partial charge on any atom is 0.198 e. The Kier molecular flexibility index (Phi) is 4.68. The Hall–Kier alpha value is -1.64. The fourth-order valence-electron chi connectivity index (χ4n) is 3.01. The highest BCUT2D eigenvalue weighted by Gasteiger charge is 2.26. The van der Waals surface area contributed by atoms with Gasteiger partial charge in [-0.25, -0.2) is 4.98 Å². The average Bonchev–Trinajstić information content (AvgIpc) is 3.32. The second kappa shape index (κ2) is 7.08. The summed E-state index contributed by atoms with van der Waals surface area (Å²) in [6.45, 7) is 1.92. The summed E-state index contributed by atoms with van der Waals surface area (Å²) in [6, 6.07) is 4.49. The van der Waals surface area contributed by atoms with Crippen molar-refractivity contribution in [3.63, 3.8) is 0 Å². The number of furan rings is 1. The molecule has 4 heterocycles. The van der Waals surface area contributed by atoms with Gasteiger partial charge in [-0.2, -0.15) is 0 Å². The quantitative estimate of drug-likeness (QED) is 0.690. The summed E-state index contributed by atoms with van der Waals surface area (Å²) in [5, 5.41) is 12.9. The van der Waals surface area contributed by atoms with Crippen molar-refractivity contribution in [1.82, 2.24) is 24.6 Å². The van der Waals surface area contributed by atoms with Gasteiger partial charge in [0.25, 0.3) is 0 Å². The number of likely N-dealkylation sites (tertiary alicyclic amines) is 1. The van der Waals surface area contributed by atoms with Gasteiger partial charge in [-0.15, -0.1) is 21.5 Å². The molecule has 0 amide bonds. The summed E-state index contributed by atoms with van der Waals surface area (Å²) in [6.07, 6.45) is 7.28. The third kappa shape index (κ3) is 3.40. The lowest BCUT2D eigenvalue weighted by Crippen LogP contribution is -2.32. The summed E-state index contributed by atoms with van der Waals surface area (Å²) in [4.78, 5) is 7.00. The van der Waals surface area contributed by atoms with Gasteiger partial charge >= 0.3 is 0 Å². The highest BCUT2D eigenvalue weighted by molar-refractivity contribution is 7.99. The van der Waals surface area contributed by atoms with Crippen LogP contribution in [0.4, 0.5) is 0 Å². The standard InChI is InChI=1S/C16H19N5OS2/c1-20-11-18-19-16(20)24-14-6-5-12(22-14)10-21-8-3-2-4-13(21)15-17-7-9-23-15/h5-7,9,11,13H,2-4,8,10H2,1H3/t13-/m0/s1. The molecule has 0 saturated carbocycles. The van der Waals surface area contributed by atoms with E-state index in [0.29, 0.717) is 6.04 Å². The first-order valence-corrected chi connectivity index (χ1v) is 9.73. The third-order valence-electron chi connectivity index (χ3n) is 4.21. The van der Waals surface area contributed by atoms with Crippen molar-refractivity contribution in [2.75, 3.05) is 6.54 Å². The van der Waals surface area contributed by atoms with Crippen LogP contribution in [0, 0.1) is 0 Å². The molecular weight excluding hydrogens is 342 g/mol. The SMILES string of the molecule is Cn1cnnc1Sc1ccc(CN2CCCC[C@H]2c2nccs2)o1. The van der Waals surface area contributed by atoms with Crippen LogP contribution in [0.25, 0.3) is 0 Å². The van der Waals surface area contributed by atoms with Crippen LogP contribution in [0.1, 0.15) is 36.1 Å². The minimum absolute atomic E-state index is 0.415. The normalized spacial score (nSPS) is 19.0. The van der Waals surface area contributed by atoms with Crippen molar-refractivity contribution < 1.29 is 4.42 Å². The number of hydrogen-bond acceptors (Lipinski definition) is 7. The van der Waals surface area contributed by atoms with Crippen molar-refractivity contribution in [3.8, 4) is 0 Å². The zero-order valence-electron chi connectivity index (χ0n) is 13.5. The van der Waals surface area contributed by atoms with E-state index in [-0.39, 0.29) is 0 Å². The zero-order chi connectivity index (χ0) is 16.4. The molecule has 4 rings (SSSR count). The van der Waals surface area contributed by atoms with E-state index in [9.17, 15) is 0 Å². The third-order valence-corrected chi connectivity index (χ3v) is 6.06. The summed E-state index contributed by atoms with van der Waals surface area (Å²) in [5.74, 6) is 0.989. The van der Waals surface area contributed by atoms with E-state index in [1.54, 1.807) is 17.7 Å². The van der Waals surface area contributed by atoms with Crippen LogP contribution < -0.4 is 0 Å². The van der Waals surface area contributed by atoms with Gasteiger partial charge in [0.1, 0.15) is 17.1 Å². The van der Waals surface area contributed by atoms with Crippen LogP contribution in [0.15, 0.2) is 44.7 Å². The zero-order valence-corrected chi connectivity index (χ0v) is 15.1. The van der Waals surface area contributed by atoms with Crippen molar-refractivity contribution in [2.45, 2.75) is 42.1 Å². The van der Waals surface area contributed by atoms with Gasteiger partial charge < -0.3 is 8.98 Å². The monoisotopic (exact) mass is 361 g/mol. The number of thiazole rings is 1. The molecule has 0 spiro atoms. The van der Waals surface area contributed by atoms with E-state index in [0.717, 1.165) is 29.1 Å². The molecule has 1 aliphatic heterocycles. The number of rotatable bonds is 5. The average molecular weight is 361 g/mol. The van der Waals surface area contributed by atoms with Crippen LogP contribution in [0.2, 0.25) is 0 Å². The number of nitrogens with zero attached hydrogens (tertiary/aromatic N) is 5. The Morgan fingerprint density at radius 3 is 3.12 bits per heavy atom. The molecule has 1 saturated heterocycles. The molecule has 1 fully saturated rings. The minimum Gasteiger partial charge on any atom is -0.453 e. The van der Waals surface area contributed by atoms with E-state index < -0.39 is 0 Å². The van der Waals surface area contributed by atoms with Crippen molar-refractivity contribution in [2.24, 2.45) is 7.05 Å². The van der Waals surface area contributed by atoms with E-state index in [1.807, 2.05) is 23.9 Å². The van der Waals surface area contributed by atoms with Crippen LogP contribution in [0.5, 0.6) is 0 Å². The van der Waals surface area contributed by atoms with E-state index in [1.165, 1.54) is 36.0 Å². The number of hydrogen-bond donors (Lipinski definition) is 0. The molecule has 1 aliphatic rings. The van der Waals surface area contributed by atoms with Gasteiger partial charge in [-0.05, 0) is 43.3 Å². The minimum atomic E-state index is 0.415. The predicted octanol–water partition coefficient (Wildman–Crippen LogP) is 3.74. The first-order valence-electron chi connectivity index (χ1n) is 8.03. The number of piperidine rings is 1. The number of aromatic nitrogens is 4. The summed E-state index contributed by atoms with van der Waals surface area (Å²) >= 11 is 3.24. The van der Waals surface area contributed by atoms with Gasteiger partial charge in [-0.1, -0.05) is 6.42 Å². The summed E-state index contributed by atoms with van der Waals surface area (Å²) in [7, 11) is 1.93. The molecule has 3 aromatic heterocycles. The second-order valence-electron chi connectivity index (χ2n) is 5.90. The molecule has 0 aliphatic carbocycles. The Balaban J connectivity index is 1.45. The maximum atomic E-state index is 6.00. The van der Waals surface area contributed by atoms with Crippen LogP contribution in [-0.4, -0.2) is 31.2 Å². The van der Waals surface area contributed by atoms with Crippen LogP contribution >= 0.6 is 23.1 Å². The van der Waals surface area contributed by atoms with Gasteiger partial charge in [0.05, 0.1) is 12.6 Å². The first-order chi connectivity index (χ1) is 11.8. The number of aryl methyl sites for hydroxylation is 1. The second-order valence-corrected chi connectivity index (χ2v) is 7.80. The topological polar surface area (TPSA) is 60.0 Å². The smallest absolute Gasteiger partial charge is 0.198 e. The Bertz CT molecular complexity index is 782. The molecule has 1 atom stereocenters. The molecule has 8 heteroatoms. The Labute approximate surface area is 148 Å². The highest BCUT2D eigenvalue weighted by atomic mass is 32.2. The molecular formula is C16H19N5OS2. The first kappa shape index (κ1) is 15.9. The van der Waals surface area contributed by atoms with E-state index in [4.69, 9.17) is 4.42 Å². The Morgan fingerprint density at radius 2 is 2.33 bits per heavy atom. The molecule has 24 heavy (non-hydrogen) atoms. The van der Waals surface area contributed by atoms with Crippen molar-refractivity contribution in [1.29, 1.82) is 0 Å². The molecule has 0 N–H and O–H groups in total. The molecule has 3 aromatic rings. The lowest BCUT2D eigenvalue weighted by molar-refractivity contribution is 0.128. The van der Waals surface area contributed by atoms with Crippen molar-refractivity contribution >= 4 is 23.1 Å². The lowest BCUT2D eigenvalue weighted by Gasteiger charge is -2.33. The highest BCUT2D eigenvalue weighted by Crippen LogP contribution is 2.34. The molecule has 0 bridgehead atoms. The van der Waals surface area contributed by atoms with Crippen LogP contribution in [0.3, 0.4) is 0 Å². The van der Waals surface area contributed by atoms with Crippen LogP contribution in [-0.2, 0) is 13.6 Å². The molecule has 6 nitrogen and oxygen atoms in total. The van der Waals surface area contributed by atoms with Gasteiger partial charge in [0, 0.05) is 18.6 Å².